The van der Waals surface area contributed by atoms with Gasteiger partial charge in [-0.05, 0) is 55.0 Å². The molecule has 1 aromatic heterocycles. The van der Waals surface area contributed by atoms with Crippen molar-refractivity contribution in [3.05, 3.63) is 51.2 Å². The average molecular weight is 329 g/mol. The molecule has 1 aromatic carbocycles. The van der Waals surface area contributed by atoms with Crippen LogP contribution in [-0.2, 0) is 28.8 Å². The second-order valence-electron chi connectivity index (χ2n) is 5.59. The van der Waals surface area contributed by atoms with Gasteiger partial charge in [0.15, 0.2) is 6.61 Å². The van der Waals surface area contributed by atoms with E-state index < -0.39 is 5.97 Å². The molecule has 120 valence electrons. The highest BCUT2D eigenvalue weighted by Gasteiger charge is 2.19. The molecule has 0 fully saturated rings. The van der Waals surface area contributed by atoms with Gasteiger partial charge in [0.1, 0.15) is 4.88 Å². The van der Waals surface area contributed by atoms with E-state index in [2.05, 4.69) is 12.2 Å². The molecule has 0 saturated carbocycles. The summed E-state index contributed by atoms with van der Waals surface area (Å²) >= 11 is 1.48. The van der Waals surface area contributed by atoms with Crippen LogP contribution in [0.1, 0.15) is 39.0 Å². The van der Waals surface area contributed by atoms with E-state index in [1.165, 1.54) is 21.8 Å². The number of carbonyl (C=O) groups is 2. The summed E-state index contributed by atoms with van der Waals surface area (Å²) < 4.78 is 5.12. The van der Waals surface area contributed by atoms with Crippen LogP contribution >= 0.6 is 11.3 Å². The molecular formula is C18H19NO3S. The van der Waals surface area contributed by atoms with Gasteiger partial charge in [-0.3, -0.25) is 4.79 Å². The molecule has 23 heavy (non-hydrogen) atoms. The predicted octanol–water partition coefficient (Wildman–Crippen LogP) is 3.59. The summed E-state index contributed by atoms with van der Waals surface area (Å²) in [6.07, 6.45) is 4.15. The van der Waals surface area contributed by atoms with E-state index in [0.717, 1.165) is 36.9 Å². The largest absolute Gasteiger partial charge is 0.451 e. The summed E-state index contributed by atoms with van der Waals surface area (Å²) in [5.74, 6) is -0.738. The zero-order chi connectivity index (χ0) is 16.2. The second kappa shape index (κ2) is 6.96. The van der Waals surface area contributed by atoms with E-state index in [1.54, 1.807) is 0 Å². The quantitative estimate of drug-likeness (QED) is 0.853. The third-order valence-electron chi connectivity index (χ3n) is 3.90. The SMILES string of the molecule is CCc1cccc(NC(=O)COC(=O)c2cc3c(s2)CCC3)c1. The minimum atomic E-state index is -0.415. The Bertz CT molecular complexity index is 714. The van der Waals surface area contributed by atoms with E-state index in [-0.39, 0.29) is 12.5 Å². The van der Waals surface area contributed by atoms with Gasteiger partial charge in [-0.2, -0.15) is 0 Å². The Labute approximate surface area is 139 Å². The molecule has 5 heteroatoms. The normalized spacial score (nSPS) is 12.7. The highest BCUT2D eigenvalue weighted by Crippen LogP contribution is 2.30. The van der Waals surface area contributed by atoms with Crippen molar-refractivity contribution < 1.29 is 14.3 Å². The Balaban J connectivity index is 1.52. The molecule has 3 rings (SSSR count). The van der Waals surface area contributed by atoms with Crippen LogP contribution in [-0.4, -0.2) is 18.5 Å². The Morgan fingerprint density at radius 2 is 2.13 bits per heavy atom. The van der Waals surface area contributed by atoms with E-state index in [9.17, 15) is 9.59 Å². The number of nitrogens with one attached hydrogen (secondary N) is 1. The number of rotatable bonds is 5. The van der Waals surface area contributed by atoms with Gasteiger partial charge in [-0.25, -0.2) is 4.79 Å². The average Bonchev–Trinajstić information content (AvgIpc) is 3.14. The Morgan fingerprint density at radius 3 is 2.91 bits per heavy atom. The van der Waals surface area contributed by atoms with Crippen LogP contribution in [0.25, 0.3) is 0 Å². The number of amides is 1. The minimum absolute atomic E-state index is 0.266. The molecule has 0 unspecified atom stereocenters. The first-order chi connectivity index (χ1) is 11.2. The van der Waals surface area contributed by atoms with Gasteiger partial charge in [0.2, 0.25) is 0 Å². The monoisotopic (exact) mass is 329 g/mol. The number of aryl methyl sites for hydroxylation is 3. The van der Waals surface area contributed by atoms with E-state index in [4.69, 9.17) is 4.74 Å². The molecule has 0 atom stereocenters. The fourth-order valence-electron chi connectivity index (χ4n) is 2.70. The number of hydrogen-bond acceptors (Lipinski definition) is 4. The molecule has 0 spiro atoms. The fourth-order valence-corrected chi connectivity index (χ4v) is 3.85. The topological polar surface area (TPSA) is 55.4 Å². The van der Waals surface area contributed by atoms with Crippen molar-refractivity contribution in [2.24, 2.45) is 0 Å². The van der Waals surface area contributed by atoms with Crippen LogP contribution in [0.4, 0.5) is 5.69 Å². The molecule has 1 N–H and O–H groups in total. The van der Waals surface area contributed by atoms with Gasteiger partial charge in [0, 0.05) is 10.6 Å². The summed E-state index contributed by atoms with van der Waals surface area (Å²) in [5.41, 5.74) is 3.12. The van der Waals surface area contributed by atoms with Crippen LogP contribution in [0.15, 0.2) is 30.3 Å². The molecule has 0 radical (unpaired) electrons. The van der Waals surface area contributed by atoms with Crippen LogP contribution in [0.2, 0.25) is 0 Å². The van der Waals surface area contributed by atoms with Crippen molar-refractivity contribution in [2.75, 3.05) is 11.9 Å². The summed E-state index contributed by atoms with van der Waals surface area (Å²) in [5, 5.41) is 2.75. The summed E-state index contributed by atoms with van der Waals surface area (Å²) in [7, 11) is 0. The summed E-state index contributed by atoms with van der Waals surface area (Å²) in [6, 6.07) is 9.55. The van der Waals surface area contributed by atoms with Crippen molar-refractivity contribution in [3.8, 4) is 0 Å². The van der Waals surface area contributed by atoms with Gasteiger partial charge < -0.3 is 10.1 Å². The molecule has 4 nitrogen and oxygen atoms in total. The Kier molecular flexibility index (Phi) is 4.76. The number of benzene rings is 1. The maximum absolute atomic E-state index is 12.0. The lowest BCUT2D eigenvalue weighted by molar-refractivity contribution is -0.119. The second-order valence-corrected chi connectivity index (χ2v) is 6.73. The molecule has 1 aliphatic rings. The lowest BCUT2D eigenvalue weighted by Crippen LogP contribution is -2.20. The van der Waals surface area contributed by atoms with Crippen LogP contribution in [0, 0.1) is 0 Å². The van der Waals surface area contributed by atoms with Crippen molar-refractivity contribution in [2.45, 2.75) is 32.6 Å². The standard InChI is InChI=1S/C18H19NO3S/c1-2-12-5-3-7-14(9-12)19-17(20)11-22-18(21)16-10-13-6-4-8-15(13)23-16/h3,5,7,9-10H,2,4,6,8,11H2,1H3,(H,19,20). The van der Waals surface area contributed by atoms with Crippen molar-refractivity contribution in [3.63, 3.8) is 0 Å². The number of anilines is 1. The predicted molar refractivity (Wildman–Crippen MR) is 91.1 cm³/mol. The highest BCUT2D eigenvalue weighted by atomic mass is 32.1. The van der Waals surface area contributed by atoms with E-state index in [0.29, 0.717) is 4.88 Å². The van der Waals surface area contributed by atoms with Crippen molar-refractivity contribution >= 4 is 28.9 Å². The Hall–Kier alpha value is -2.14. The van der Waals surface area contributed by atoms with Gasteiger partial charge in [0.25, 0.3) is 5.91 Å². The third-order valence-corrected chi connectivity index (χ3v) is 5.12. The van der Waals surface area contributed by atoms with Gasteiger partial charge in [-0.1, -0.05) is 19.1 Å². The summed E-state index contributed by atoms with van der Waals surface area (Å²) in [4.78, 5) is 25.8. The maximum atomic E-state index is 12.0. The number of esters is 1. The molecule has 1 heterocycles. The van der Waals surface area contributed by atoms with Gasteiger partial charge in [-0.15, -0.1) is 11.3 Å². The first kappa shape index (κ1) is 15.7. The third kappa shape index (κ3) is 3.79. The number of hydrogen-bond donors (Lipinski definition) is 1. The van der Waals surface area contributed by atoms with Crippen LogP contribution in [0.5, 0.6) is 0 Å². The zero-order valence-corrected chi connectivity index (χ0v) is 13.9. The highest BCUT2D eigenvalue weighted by molar-refractivity contribution is 7.14. The fraction of sp³-hybridized carbons (Fsp3) is 0.333. The molecule has 0 bridgehead atoms. The van der Waals surface area contributed by atoms with Gasteiger partial charge >= 0.3 is 5.97 Å². The first-order valence-electron chi connectivity index (χ1n) is 7.83. The lowest BCUT2D eigenvalue weighted by atomic mass is 10.1. The van der Waals surface area contributed by atoms with Crippen molar-refractivity contribution in [1.29, 1.82) is 0 Å². The van der Waals surface area contributed by atoms with E-state index in [1.807, 2.05) is 30.3 Å². The molecule has 2 aromatic rings. The molecule has 1 amide bonds. The summed E-state index contributed by atoms with van der Waals surface area (Å²) in [6.45, 7) is 1.79. The smallest absolute Gasteiger partial charge is 0.348 e. The van der Waals surface area contributed by atoms with Gasteiger partial charge in [0.05, 0.1) is 0 Å². The van der Waals surface area contributed by atoms with E-state index >= 15 is 0 Å². The number of thiophene rings is 1. The molecule has 0 saturated heterocycles. The molecular weight excluding hydrogens is 310 g/mol. The molecule has 0 aliphatic heterocycles. The lowest BCUT2D eigenvalue weighted by Gasteiger charge is -2.07. The minimum Gasteiger partial charge on any atom is -0.451 e. The number of fused-ring (bicyclic) bond motifs is 1. The Morgan fingerprint density at radius 1 is 1.26 bits per heavy atom. The zero-order valence-electron chi connectivity index (χ0n) is 13.1. The van der Waals surface area contributed by atoms with Crippen LogP contribution < -0.4 is 5.32 Å². The number of ether oxygens (including phenoxy) is 1. The van der Waals surface area contributed by atoms with Crippen molar-refractivity contribution in [1.82, 2.24) is 0 Å². The molecule has 1 aliphatic carbocycles. The number of carbonyl (C=O) groups excluding carboxylic acids is 2. The van der Waals surface area contributed by atoms with Crippen LogP contribution in [0.3, 0.4) is 0 Å². The first-order valence-corrected chi connectivity index (χ1v) is 8.65. The maximum Gasteiger partial charge on any atom is 0.348 e.